The van der Waals surface area contributed by atoms with E-state index in [2.05, 4.69) is 6.58 Å². The maximum Gasteiger partial charge on any atom is 0.0467 e. The van der Waals surface area contributed by atoms with Gasteiger partial charge in [-0.3, -0.25) is 0 Å². The molecule has 2 N–H and O–H groups in total. The van der Waals surface area contributed by atoms with Gasteiger partial charge in [-0.05, 0) is 43.2 Å². The van der Waals surface area contributed by atoms with Gasteiger partial charge in [0, 0.05) is 15.6 Å². The van der Waals surface area contributed by atoms with Crippen molar-refractivity contribution >= 4 is 29.1 Å². The number of unbranched alkanes of at least 4 members (excludes halogenated alkanes) is 3. The van der Waals surface area contributed by atoms with Crippen LogP contribution in [0.1, 0.15) is 25.7 Å². The summed E-state index contributed by atoms with van der Waals surface area (Å²) in [5, 5.41) is 0.702. The summed E-state index contributed by atoms with van der Waals surface area (Å²) in [6.07, 6.45) is 6.81. The molecule has 0 heterocycles. The first-order valence-electron chi connectivity index (χ1n) is 5.52. The molecule has 3 heteroatoms. The molecule has 0 amide bonds. The Kier molecular flexibility index (Phi) is 6.43. The average molecular weight is 256 g/mol. The highest BCUT2D eigenvalue weighted by Gasteiger charge is 2.00. The van der Waals surface area contributed by atoms with E-state index >= 15 is 0 Å². The van der Waals surface area contributed by atoms with Crippen LogP contribution in [0.3, 0.4) is 0 Å². The molecule has 0 aromatic heterocycles. The predicted molar refractivity (Wildman–Crippen MR) is 75.3 cm³/mol. The molecule has 16 heavy (non-hydrogen) atoms. The van der Waals surface area contributed by atoms with Crippen molar-refractivity contribution in [3.05, 3.63) is 35.9 Å². The van der Waals surface area contributed by atoms with Gasteiger partial charge >= 0.3 is 0 Å². The fourth-order valence-electron chi connectivity index (χ4n) is 1.40. The van der Waals surface area contributed by atoms with Crippen LogP contribution in [0.5, 0.6) is 0 Å². The van der Waals surface area contributed by atoms with Crippen LogP contribution >= 0.6 is 23.4 Å². The van der Waals surface area contributed by atoms with Gasteiger partial charge < -0.3 is 5.73 Å². The van der Waals surface area contributed by atoms with Crippen molar-refractivity contribution in [2.75, 3.05) is 11.5 Å². The molecule has 1 nitrogen and oxygen atoms in total. The molecule has 1 aromatic carbocycles. The number of benzene rings is 1. The zero-order valence-electron chi connectivity index (χ0n) is 9.42. The number of thioether (sulfide) groups is 1. The maximum atomic E-state index is 5.87. The first kappa shape index (κ1) is 13.5. The summed E-state index contributed by atoms with van der Waals surface area (Å²) < 4.78 is 0. The van der Waals surface area contributed by atoms with E-state index < -0.39 is 0 Å². The van der Waals surface area contributed by atoms with E-state index in [0.29, 0.717) is 5.02 Å². The number of anilines is 1. The summed E-state index contributed by atoms with van der Waals surface area (Å²) >= 11 is 7.64. The number of hydrogen-bond donors (Lipinski definition) is 1. The lowest BCUT2D eigenvalue weighted by Crippen LogP contribution is -1.89. The zero-order valence-corrected chi connectivity index (χ0v) is 11.0. The van der Waals surface area contributed by atoms with Crippen molar-refractivity contribution in [3.63, 3.8) is 0 Å². The number of halogens is 1. The Morgan fingerprint density at radius 1 is 1.31 bits per heavy atom. The number of rotatable bonds is 7. The standard InChI is InChI=1S/C13H18ClNS/c1-2-3-4-5-6-9-16-13-8-7-11(14)10-12(13)15/h2,7-8,10H,1,3-6,9,15H2. The second-order valence-electron chi connectivity index (χ2n) is 3.67. The van der Waals surface area contributed by atoms with Crippen molar-refractivity contribution in [1.29, 1.82) is 0 Å². The van der Waals surface area contributed by atoms with E-state index in [1.54, 1.807) is 11.8 Å². The largest absolute Gasteiger partial charge is 0.398 e. The average Bonchev–Trinajstić information content (AvgIpc) is 2.26. The monoisotopic (exact) mass is 255 g/mol. The van der Waals surface area contributed by atoms with Gasteiger partial charge in [0.1, 0.15) is 0 Å². The number of hydrogen-bond acceptors (Lipinski definition) is 2. The van der Waals surface area contributed by atoms with Crippen LogP contribution in [-0.2, 0) is 0 Å². The third-order valence-corrected chi connectivity index (χ3v) is 3.69. The van der Waals surface area contributed by atoms with Gasteiger partial charge in [0.2, 0.25) is 0 Å². The van der Waals surface area contributed by atoms with Crippen molar-refractivity contribution in [2.45, 2.75) is 30.6 Å². The van der Waals surface area contributed by atoms with Crippen molar-refractivity contribution in [2.24, 2.45) is 0 Å². The SMILES string of the molecule is C=CCCCCCSc1ccc(Cl)cc1N. The maximum absolute atomic E-state index is 5.87. The van der Waals surface area contributed by atoms with Gasteiger partial charge in [-0.1, -0.05) is 24.1 Å². The van der Waals surface area contributed by atoms with Crippen LogP contribution in [0.2, 0.25) is 5.02 Å². The minimum absolute atomic E-state index is 0.702. The fourth-order valence-corrected chi connectivity index (χ4v) is 2.54. The molecule has 0 saturated carbocycles. The Bertz CT molecular complexity index is 339. The van der Waals surface area contributed by atoms with E-state index in [0.717, 1.165) is 22.8 Å². The molecule has 0 aliphatic carbocycles. The van der Waals surface area contributed by atoms with Crippen LogP contribution < -0.4 is 5.73 Å². The van der Waals surface area contributed by atoms with Crippen LogP contribution in [0, 0.1) is 0 Å². The Labute approximate surface area is 107 Å². The fraction of sp³-hybridized carbons (Fsp3) is 0.385. The highest BCUT2D eigenvalue weighted by atomic mass is 35.5. The molecule has 0 atom stereocenters. The molecular formula is C13H18ClNS. The number of nitrogen functional groups attached to an aromatic ring is 1. The summed E-state index contributed by atoms with van der Waals surface area (Å²) in [6.45, 7) is 3.71. The van der Waals surface area contributed by atoms with Gasteiger partial charge in [0.25, 0.3) is 0 Å². The molecule has 0 fully saturated rings. The summed E-state index contributed by atoms with van der Waals surface area (Å²) in [7, 11) is 0. The molecule has 0 radical (unpaired) electrons. The Morgan fingerprint density at radius 3 is 2.81 bits per heavy atom. The van der Waals surface area contributed by atoms with Crippen molar-refractivity contribution in [1.82, 2.24) is 0 Å². The highest BCUT2D eigenvalue weighted by molar-refractivity contribution is 7.99. The predicted octanol–water partition coefficient (Wildman–Crippen LogP) is 4.76. The lowest BCUT2D eigenvalue weighted by molar-refractivity contribution is 0.735. The second-order valence-corrected chi connectivity index (χ2v) is 5.24. The smallest absolute Gasteiger partial charge is 0.0467 e. The minimum Gasteiger partial charge on any atom is -0.398 e. The molecular weight excluding hydrogens is 238 g/mol. The summed E-state index contributed by atoms with van der Waals surface area (Å²) in [6, 6.07) is 5.69. The van der Waals surface area contributed by atoms with Crippen LogP contribution in [0.15, 0.2) is 35.7 Å². The third-order valence-electron chi connectivity index (χ3n) is 2.28. The van der Waals surface area contributed by atoms with Gasteiger partial charge in [0.05, 0.1) is 0 Å². The summed E-state index contributed by atoms with van der Waals surface area (Å²) in [4.78, 5) is 1.13. The quantitative estimate of drug-likeness (QED) is 0.329. The molecule has 88 valence electrons. The van der Waals surface area contributed by atoms with Gasteiger partial charge in [-0.2, -0.15) is 0 Å². The Hall–Kier alpha value is -0.600. The van der Waals surface area contributed by atoms with E-state index in [1.165, 1.54) is 19.3 Å². The van der Waals surface area contributed by atoms with Crippen LogP contribution in [0.4, 0.5) is 5.69 Å². The lowest BCUT2D eigenvalue weighted by Gasteiger charge is -2.05. The van der Waals surface area contributed by atoms with Crippen LogP contribution in [-0.4, -0.2) is 5.75 Å². The van der Waals surface area contributed by atoms with Gasteiger partial charge in [-0.15, -0.1) is 18.3 Å². The van der Waals surface area contributed by atoms with Gasteiger partial charge in [-0.25, -0.2) is 0 Å². The summed E-state index contributed by atoms with van der Waals surface area (Å²) in [5.74, 6) is 1.11. The summed E-state index contributed by atoms with van der Waals surface area (Å²) in [5.41, 5.74) is 6.65. The molecule has 0 aliphatic rings. The first-order chi connectivity index (χ1) is 7.74. The molecule has 0 aliphatic heterocycles. The highest BCUT2D eigenvalue weighted by Crippen LogP contribution is 2.28. The lowest BCUT2D eigenvalue weighted by atomic mass is 10.2. The first-order valence-corrected chi connectivity index (χ1v) is 6.89. The Balaban J connectivity index is 2.24. The molecule has 0 saturated heterocycles. The van der Waals surface area contributed by atoms with Gasteiger partial charge in [0.15, 0.2) is 0 Å². The van der Waals surface area contributed by atoms with E-state index in [-0.39, 0.29) is 0 Å². The molecule has 1 rings (SSSR count). The second kappa shape index (κ2) is 7.64. The number of allylic oxidation sites excluding steroid dienone is 1. The molecule has 0 unspecified atom stereocenters. The molecule has 0 bridgehead atoms. The van der Waals surface area contributed by atoms with Crippen molar-refractivity contribution in [3.8, 4) is 0 Å². The van der Waals surface area contributed by atoms with E-state index in [4.69, 9.17) is 17.3 Å². The number of nitrogens with two attached hydrogens (primary N) is 1. The van der Waals surface area contributed by atoms with Crippen LogP contribution in [0.25, 0.3) is 0 Å². The topological polar surface area (TPSA) is 26.0 Å². The van der Waals surface area contributed by atoms with Crippen molar-refractivity contribution < 1.29 is 0 Å². The third kappa shape index (κ3) is 4.95. The zero-order chi connectivity index (χ0) is 11.8. The molecule has 0 spiro atoms. The Morgan fingerprint density at radius 2 is 2.12 bits per heavy atom. The van der Waals surface area contributed by atoms with E-state index in [1.807, 2.05) is 24.3 Å². The normalized spacial score (nSPS) is 10.3. The minimum atomic E-state index is 0.702. The molecule has 1 aromatic rings. The van der Waals surface area contributed by atoms with E-state index in [9.17, 15) is 0 Å².